The first-order valence-electron chi connectivity index (χ1n) is 3.39. The Hall–Kier alpha value is -0.500. The van der Waals surface area contributed by atoms with Crippen LogP contribution < -0.4 is 0 Å². The van der Waals surface area contributed by atoms with E-state index in [0.29, 0.717) is 6.42 Å². The number of rotatable bonds is 3. The van der Waals surface area contributed by atoms with Gasteiger partial charge in [-0.3, -0.25) is 0 Å². The summed E-state index contributed by atoms with van der Waals surface area (Å²) in [5.74, 6) is 1.03. The van der Waals surface area contributed by atoms with E-state index in [2.05, 4.69) is 23.8 Å². The Morgan fingerprint density at radius 2 is 2.50 bits per heavy atom. The second-order valence-corrected chi connectivity index (χ2v) is 4.41. The molecule has 56 valence electrons. The molecule has 1 unspecified atom stereocenters. The van der Waals surface area contributed by atoms with Gasteiger partial charge in [-0.1, -0.05) is 6.08 Å². The molecule has 0 saturated heterocycles. The normalized spacial score (nSPS) is 26.5. The van der Waals surface area contributed by atoms with Gasteiger partial charge in [0.25, 0.3) is 0 Å². The van der Waals surface area contributed by atoms with Crippen LogP contribution in [-0.2, 0) is 4.79 Å². The monoisotopic (exact) mass is 156 g/mol. The molecule has 0 N–H and O–H groups in total. The molecule has 0 aliphatic carbocycles. The fraction of sp³-hybridized carbons (Fsp3) is 0.375. The lowest BCUT2D eigenvalue weighted by Crippen LogP contribution is -1.82. The zero-order chi connectivity index (χ0) is 7.40. The highest BCUT2D eigenvalue weighted by Gasteiger charge is 2.00. The fourth-order valence-electron chi connectivity index (χ4n) is 0.902. The van der Waals surface area contributed by atoms with E-state index in [0.717, 1.165) is 12.0 Å². The molecule has 0 fully saturated rings. The number of thiol groups is 1. The third-order valence-electron chi connectivity index (χ3n) is 1.40. The Balaban J connectivity index is 2.32. The van der Waals surface area contributed by atoms with Gasteiger partial charge in [0.2, 0.25) is 0 Å². The Kier molecular flexibility index (Phi) is 2.75. The van der Waals surface area contributed by atoms with Crippen LogP contribution in [0.4, 0.5) is 0 Å². The first-order chi connectivity index (χ1) is 4.83. The molecule has 0 saturated carbocycles. The van der Waals surface area contributed by atoms with E-state index >= 15 is 0 Å². The van der Waals surface area contributed by atoms with Crippen LogP contribution >= 0.6 is 10.9 Å². The van der Waals surface area contributed by atoms with Gasteiger partial charge in [-0.05, 0) is 29.1 Å². The van der Waals surface area contributed by atoms with Crippen molar-refractivity contribution in [2.24, 2.45) is 0 Å². The van der Waals surface area contributed by atoms with Crippen molar-refractivity contribution < 1.29 is 4.79 Å². The van der Waals surface area contributed by atoms with Gasteiger partial charge < -0.3 is 4.79 Å². The van der Waals surface area contributed by atoms with Crippen LogP contribution in [0.2, 0.25) is 0 Å². The topological polar surface area (TPSA) is 17.1 Å². The van der Waals surface area contributed by atoms with Crippen molar-refractivity contribution in [3.05, 3.63) is 22.5 Å². The molecule has 0 radical (unpaired) electrons. The number of allylic oxidation sites excluding steroid dienone is 2. The zero-order valence-corrected chi connectivity index (χ0v) is 6.97. The Labute approximate surface area is 64.2 Å². The number of carbonyl (C=O) groups excluding carboxylic acids is 1. The van der Waals surface area contributed by atoms with Crippen LogP contribution in [0.1, 0.15) is 13.3 Å². The van der Waals surface area contributed by atoms with Gasteiger partial charge in [-0.25, -0.2) is 10.9 Å². The average Bonchev–Trinajstić information content (AvgIpc) is 2.31. The summed E-state index contributed by atoms with van der Waals surface area (Å²) in [7, 11) is -0.0642. The van der Waals surface area contributed by atoms with Gasteiger partial charge in [0.15, 0.2) is 0 Å². The fourth-order valence-corrected chi connectivity index (χ4v) is 2.71. The van der Waals surface area contributed by atoms with Crippen molar-refractivity contribution in [3.63, 3.8) is 0 Å². The number of hydrogen-bond acceptors (Lipinski definition) is 1. The highest BCUT2D eigenvalue weighted by molar-refractivity contribution is 8.22. The molecule has 1 atom stereocenters. The van der Waals surface area contributed by atoms with Crippen molar-refractivity contribution in [2.45, 2.75) is 13.3 Å². The minimum absolute atomic E-state index is 0.0642. The summed E-state index contributed by atoms with van der Waals surface area (Å²) in [4.78, 5) is 10.0. The predicted octanol–water partition coefficient (Wildman–Crippen LogP) is 2.01. The molecule has 0 bridgehead atoms. The highest BCUT2D eigenvalue weighted by atomic mass is 32.2. The summed E-state index contributed by atoms with van der Waals surface area (Å²) in [5, 5.41) is 4.48. The molecule has 1 aliphatic heterocycles. The van der Waals surface area contributed by atoms with E-state index in [1.807, 2.05) is 0 Å². The van der Waals surface area contributed by atoms with Crippen molar-refractivity contribution in [1.29, 1.82) is 0 Å². The summed E-state index contributed by atoms with van der Waals surface area (Å²) >= 11 is 0. The van der Waals surface area contributed by atoms with Crippen molar-refractivity contribution in [2.75, 3.05) is 5.75 Å². The molecular weight excluding hydrogens is 144 g/mol. The molecule has 0 aromatic rings. The summed E-state index contributed by atoms with van der Waals surface area (Å²) in [6.07, 6.45) is 3.84. The largest absolute Gasteiger partial charge is 0.303 e. The van der Waals surface area contributed by atoms with Gasteiger partial charge in [0.1, 0.15) is 6.29 Å². The van der Waals surface area contributed by atoms with Crippen molar-refractivity contribution in [1.82, 2.24) is 0 Å². The van der Waals surface area contributed by atoms with Crippen LogP contribution in [0.3, 0.4) is 0 Å². The highest BCUT2D eigenvalue weighted by Crippen LogP contribution is 2.35. The van der Waals surface area contributed by atoms with Crippen LogP contribution in [0.5, 0.6) is 0 Å². The number of aldehydes is 1. The van der Waals surface area contributed by atoms with Gasteiger partial charge >= 0.3 is 0 Å². The van der Waals surface area contributed by atoms with E-state index in [4.69, 9.17) is 0 Å². The first kappa shape index (κ1) is 7.61. The summed E-state index contributed by atoms with van der Waals surface area (Å²) in [6, 6.07) is 0. The lowest BCUT2D eigenvalue weighted by Gasteiger charge is -2.04. The van der Waals surface area contributed by atoms with E-state index < -0.39 is 0 Å². The molecule has 1 nitrogen and oxygen atoms in total. The number of hydrogen-bond donors (Lipinski definition) is 1. The Morgan fingerprint density at radius 3 is 3.00 bits per heavy atom. The average molecular weight is 156 g/mol. The summed E-state index contributed by atoms with van der Waals surface area (Å²) in [6.45, 7) is 2.10. The molecule has 0 spiro atoms. The van der Waals surface area contributed by atoms with Gasteiger partial charge in [-0.15, -0.1) is 0 Å². The van der Waals surface area contributed by atoms with Crippen molar-refractivity contribution in [3.8, 4) is 0 Å². The molecule has 2 heteroatoms. The Bertz CT molecular complexity index is 182. The van der Waals surface area contributed by atoms with Gasteiger partial charge in [0, 0.05) is 6.42 Å². The maximum Gasteiger partial charge on any atom is 0.120 e. The quantitative estimate of drug-likeness (QED) is 0.488. The predicted molar refractivity (Wildman–Crippen MR) is 47.4 cm³/mol. The van der Waals surface area contributed by atoms with Gasteiger partial charge in [-0.2, -0.15) is 0 Å². The molecule has 1 aliphatic rings. The molecular formula is C8H12OS. The molecule has 10 heavy (non-hydrogen) atoms. The third-order valence-corrected chi connectivity index (χ3v) is 3.45. The van der Waals surface area contributed by atoms with E-state index in [1.54, 1.807) is 0 Å². The summed E-state index contributed by atoms with van der Waals surface area (Å²) in [5.41, 5.74) is 1.34. The minimum Gasteiger partial charge on any atom is -0.303 e. The molecule has 0 aromatic carbocycles. The van der Waals surface area contributed by atoms with E-state index in [-0.39, 0.29) is 10.9 Å². The lowest BCUT2D eigenvalue weighted by molar-refractivity contribution is -0.107. The van der Waals surface area contributed by atoms with Crippen LogP contribution in [0.25, 0.3) is 0 Å². The smallest absolute Gasteiger partial charge is 0.120 e. The minimum atomic E-state index is -0.0642. The maximum absolute atomic E-state index is 10.0. The second-order valence-electron chi connectivity index (χ2n) is 2.38. The second kappa shape index (κ2) is 3.62. The maximum atomic E-state index is 10.0. The van der Waals surface area contributed by atoms with Crippen molar-refractivity contribution >= 4 is 17.2 Å². The van der Waals surface area contributed by atoms with Crippen LogP contribution in [-0.4, -0.2) is 12.0 Å². The number of carbonyl (C=O) groups is 1. The molecule has 1 heterocycles. The zero-order valence-electron chi connectivity index (χ0n) is 6.08. The van der Waals surface area contributed by atoms with E-state index in [1.165, 1.54) is 5.57 Å². The lowest BCUT2D eigenvalue weighted by atomic mass is 10.4. The standard InChI is InChI=1S/C8H12OS/c1-8-3-6-10(7-8)5-2-4-9/h3-4,6-7,10H,2,5H2,1H3. The molecule has 0 aromatic heterocycles. The van der Waals surface area contributed by atoms with Crippen LogP contribution in [0, 0.1) is 0 Å². The molecule has 0 amide bonds. The van der Waals surface area contributed by atoms with Gasteiger partial charge in [0.05, 0.1) is 0 Å². The molecule has 1 rings (SSSR count). The van der Waals surface area contributed by atoms with Crippen LogP contribution in [0.15, 0.2) is 22.5 Å². The first-order valence-corrected chi connectivity index (χ1v) is 5.05. The SMILES string of the molecule is CC1=C[SH](CCC=O)C=C1. The third kappa shape index (κ3) is 2.03. The Morgan fingerprint density at radius 1 is 1.70 bits per heavy atom. The summed E-state index contributed by atoms with van der Waals surface area (Å²) < 4.78 is 0. The van der Waals surface area contributed by atoms with E-state index in [9.17, 15) is 4.79 Å².